The molecule has 0 unspecified atom stereocenters. The minimum Gasteiger partial charge on any atom is -0.507 e. The molecule has 0 saturated carbocycles. The fourth-order valence-corrected chi connectivity index (χ4v) is 3.77. The molecule has 7 heteroatoms. The summed E-state index contributed by atoms with van der Waals surface area (Å²) in [7, 11) is 0. The molecule has 6 nitrogen and oxygen atoms in total. The quantitative estimate of drug-likeness (QED) is 0.763. The maximum atomic E-state index is 12.6. The lowest BCUT2D eigenvalue weighted by atomic mass is 10.1. The minimum absolute atomic E-state index is 0.207. The number of hydrogen-bond acceptors (Lipinski definition) is 5. The molecule has 2 N–H and O–H groups in total. The summed E-state index contributed by atoms with van der Waals surface area (Å²) in [5, 5.41) is 12.1. The number of nitrogens with zero attached hydrogens (tertiary/aromatic N) is 1. The standard InChI is InChI=1S/C21H20N2O4S/c1-12-5-4-6-16(7-12)22-18(24)11-23-20(26)17(28-21(23)27)10-15-8-13(2)19(25)14(3)9-15/h4-10,25H,11H2,1-3H3,(H,22,24). The van der Waals surface area contributed by atoms with Crippen molar-refractivity contribution < 1.29 is 19.5 Å². The molecule has 3 amide bonds. The van der Waals surface area contributed by atoms with E-state index in [0.717, 1.165) is 22.2 Å². The summed E-state index contributed by atoms with van der Waals surface area (Å²) in [5.74, 6) is -0.735. The number of anilines is 1. The molecule has 0 bridgehead atoms. The lowest BCUT2D eigenvalue weighted by Crippen LogP contribution is -2.36. The number of aryl methyl sites for hydroxylation is 3. The Hall–Kier alpha value is -3.06. The van der Waals surface area contributed by atoms with Crippen LogP contribution >= 0.6 is 11.8 Å². The van der Waals surface area contributed by atoms with Crippen LogP contribution in [0.15, 0.2) is 41.3 Å². The maximum Gasteiger partial charge on any atom is 0.294 e. The van der Waals surface area contributed by atoms with Gasteiger partial charge in [0.25, 0.3) is 11.1 Å². The number of phenols is 1. The highest BCUT2D eigenvalue weighted by molar-refractivity contribution is 8.18. The van der Waals surface area contributed by atoms with E-state index in [1.807, 2.05) is 19.1 Å². The van der Waals surface area contributed by atoms with Gasteiger partial charge in [-0.15, -0.1) is 0 Å². The van der Waals surface area contributed by atoms with Crippen LogP contribution in [0.5, 0.6) is 5.75 Å². The van der Waals surface area contributed by atoms with Crippen LogP contribution in [0.3, 0.4) is 0 Å². The summed E-state index contributed by atoms with van der Waals surface area (Å²) < 4.78 is 0. The number of imide groups is 1. The third-order valence-corrected chi connectivity index (χ3v) is 5.20. The Morgan fingerprint density at radius 2 is 1.82 bits per heavy atom. The van der Waals surface area contributed by atoms with Crippen LogP contribution in [0.2, 0.25) is 0 Å². The third-order valence-electron chi connectivity index (χ3n) is 4.29. The van der Waals surface area contributed by atoms with E-state index in [4.69, 9.17) is 0 Å². The third kappa shape index (κ3) is 4.26. The van der Waals surface area contributed by atoms with Gasteiger partial charge in [0.15, 0.2) is 0 Å². The predicted molar refractivity (Wildman–Crippen MR) is 110 cm³/mol. The van der Waals surface area contributed by atoms with Crippen molar-refractivity contribution in [3.63, 3.8) is 0 Å². The van der Waals surface area contributed by atoms with E-state index in [-0.39, 0.29) is 17.2 Å². The average Bonchev–Trinajstić information content (AvgIpc) is 2.87. The van der Waals surface area contributed by atoms with Gasteiger partial charge in [-0.25, -0.2) is 0 Å². The molecular weight excluding hydrogens is 376 g/mol. The van der Waals surface area contributed by atoms with Gasteiger partial charge in [-0.2, -0.15) is 0 Å². The number of rotatable bonds is 4. The van der Waals surface area contributed by atoms with Gasteiger partial charge >= 0.3 is 0 Å². The molecule has 0 radical (unpaired) electrons. The Bertz CT molecular complexity index is 990. The zero-order valence-electron chi connectivity index (χ0n) is 15.8. The minimum atomic E-state index is -0.502. The molecule has 144 valence electrons. The number of thioether (sulfide) groups is 1. The van der Waals surface area contributed by atoms with E-state index in [9.17, 15) is 19.5 Å². The molecule has 1 saturated heterocycles. The first kappa shape index (κ1) is 19.7. The van der Waals surface area contributed by atoms with Gasteiger partial charge in [0.05, 0.1) is 4.91 Å². The van der Waals surface area contributed by atoms with Gasteiger partial charge in [0, 0.05) is 5.69 Å². The molecule has 0 spiro atoms. The smallest absolute Gasteiger partial charge is 0.294 e. The van der Waals surface area contributed by atoms with Crippen molar-refractivity contribution in [2.24, 2.45) is 0 Å². The van der Waals surface area contributed by atoms with Crippen LogP contribution in [0.4, 0.5) is 10.5 Å². The van der Waals surface area contributed by atoms with E-state index in [2.05, 4.69) is 5.32 Å². The highest BCUT2D eigenvalue weighted by Gasteiger charge is 2.36. The fourth-order valence-electron chi connectivity index (χ4n) is 2.93. The van der Waals surface area contributed by atoms with Crippen LogP contribution in [0.1, 0.15) is 22.3 Å². The Labute approximate surface area is 167 Å². The number of carbonyl (C=O) groups excluding carboxylic acids is 3. The van der Waals surface area contributed by atoms with Crippen LogP contribution in [0.25, 0.3) is 6.08 Å². The van der Waals surface area contributed by atoms with E-state index in [0.29, 0.717) is 22.4 Å². The maximum absolute atomic E-state index is 12.6. The van der Waals surface area contributed by atoms with Gasteiger partial charge in [0.2, 0.25) is 5.91 Å². The Balaban J connectivity index is 1.73. The molecule has 1 heterocycles. The summed E-state index contributed by atoms with van der Waals surface area (Å²) in [6.07, 6.45) is 1.60. The number of amides is 3. The number of benzene rings is 2. The molecule has 1 aliphatic rings. The van der Waals surface area contributed by atoms with Gasteiger partial charge in [0.1, 0.15) is 12.3 Å². The first-order chi connectivity index (χ1) is 13.2. The number of phenolic OH excluding ortho intramolecular Hbond substituents is 1. The summed E-state index contributed by atoms with van der Waals surface area (Å²) in [6, 6.07) is 10.7. The summed E-state index contributed by atoms with van der Waals surface area (Å²) >= 11 is 0.799. The van der Waals surface area contributed by atoms with Gasteiger partial charge < -0.3 is 10.4 Å². The molecule has 2 aromatic rings. The van der Waals surface area contributed by atoms with Crippen LogP contribution in [-0.4, -0.2) is 33.6 Å². The Kier molecular flexibility index (Phi) is 5.56. The van der Waals surface area contributed by atoms with E-state index < -0.39 is 17.1 Å². The summed E-state index contributed by atoms with van der Waals surface area (Å²) in [6.45, 7) is 5.09. The van der Waals surface area contributed by atoms with E-state index in [1.54, 1.807) is 44.2 Å². The van der Waals surface area contributed by atoms with Crippen LogP contribution < -0.4 is 5.32 Å². The lowest BCUT2D eigenvalue weighted by Gasteiger charge is -2.12. The first-order valence-corrected chi connectivity index (χ1v) is 9.48. The topological polar surface area (TPSA) is 86.7 Å². The zero-order chi connectivity index (χ0) is 20.4. The van der Waals surface area contributed by atoms with Crippen molar-refractivity contribution in [1.82, 2.24) is 4.90 Å². The summed E-state index contributed by atoms with van der Waals surface area (Å²) in [5.41, 5.74) is 3.68. The van der Waals surface area contributed by atoms with Crippen LogP contribution in [-0.2, 0) is 9.59 Å². The monoisotopic (exact) mass is 396 g/mol. The van der Waals surface area contributed by atoms with Crippen molar-refractivity contribution >= 4 is 40.6 Å². The Morgan fingerprint density at radius 1 is 1.14 bits per heavy atom. The fraction of sp³-hybridized carbons (Fsp3) is 0.190. The predicted octanol–water partition coefficient (Wildman–Crippen LogP) is 3.99. The highest BCUT2D eigenvalue weighted by Crippen LogP contribution is 2.33. The number of carbonyl (C=O) groups is 3. The molecule has 0 aliphatic carbocycles. The molecule has 1 aliphatic heterocycles. The van der Waals surface area contributed by atoms with E-state index >= 15 is 0 Å². The zero-order valence-corrected chi connectivity index (χ0v) is 16.6. The first-order valence-electron chi connectivity index (χ1n) is 8.66. The lowest BCUT2D eigenvalue weighted by molar-refractivity contribution is -0.127. The molecule has 1 fully saturated rings. The van der Waals surface area contributed by atoms with Gasteiger partial charge in [-0.05, 0) is 85.1 Å². The van der Waals surface area contributed by atoms with Gasteiger partial charge in [-0.3, -0.25) is 19.3 Å². The Morgan fingerprint density at radius 3 is 2.46 bits per heavy atom. The number of nitrogens with one attached hydrogen (secondary N) is 1. The van der Waals surface area contributed by atoms with Crippen molar-refractivity contribution in [3.8, 4) is 5.75 Å². The largest absolute Gasteiger partial charge is 0.507 e. The molecule has 0 aromatic heterocycles. The number of hydrogen-bond donors (Lipinski definition) is 2. The van der Waals surface area contributed by atoms with Crippen molar-refractivity contribution in [3.05, 3.63) is 63.6 Å². The average molecular weight is 396 g/mol. The van der Waals surface area contributed by atoms with Crippen molar-refractivity contribution in [1.29, 1.82) is 0 Å². The molecule has 0 atom stereocenters. The van der Waals surface area contributed by atoms with Gasteiger partial charge in [-0.1, -0.05) is 12.1 Å². The normalized spacial score (nSPS) is 15.4. The second kappa shape index (κ2) is 7.90. The highest BCUT2D eigenvalue weighted by atomic mass is 32.2. The molecule has 28 heavy (non-hydrogen) atoms. The molecule has 3 rings (SSSR count). The summed E-state index contributed by atoms with van der Waals surface area (Å²) in [4.78, 5) is 38.2. The van der Waals surface area contributed by atoms with Crippen molar-refractivity contribution in [2.75, 3.05) is 11.9 Å². The molecule has 2 aromatic carbocycles. The second-order valence-corrected chi connectivity index (χ2v) is 7.68. The number of aromatic hydroxyl groups is 1. The van der Waals surface area contributed by atoms with Crippen molar-refractivity contribution in [2.45, 2.75) is 20.8 Å². The SMILES string of the molecule is Cc1cccc(NC(=O)CN2C(=O)SC(=Cc3cc(C)c(O)c(C)c3)C2=O)c1. The van der Waals surface area contributed by atoms with E-state index in [1.165, 1.54) is 0 Å². The molecular formula is C21H20N2O4S. The second-order valence-electron chi connectivity index (χ2n) is 6.69. The van der Waals surface area contributed by atoms with Crippen LogP contribution in [0, 0.1) is 20.8 Å².